The predicted octanol–water partition coefficient (Wildman–Crippen LogP) is 2.14. The van der Waals surface area contributed by atoms with E-state index in [-0.39, 0.29) is 11.3 Å². The number of hydrogen-bond acceptors (Lipinski definition) is 4. The molecule has 1 saturated carbocycles. The first kappa shape index (κ1) is 15.1. The van der Waals surface area contributed by atoms with Crippen molar-refractivity contribution < 1.29 is 9.53 Å². The van der Waals surface area contributed by atoms with Crippen LogP contribution in [0, 0.1) is 11.3 Å². The van der Waals surface area contributed by atoms with Gasteiger partial charge in [0.25, 0.3) is 5.91 Å². The van der Waals surface area contributed by atoms with E-state index in [1.807, 2.05) is 0 Å². The van der Waals surface area contributed by atoms with Gasteiger partial charge in [0.15, 0.2) is 0 Å². The molecule has 124 valence electrons. The second kappa shape index (κ2) is 5.28. The van der Waals surface area contributed by atoms with Crippen molar-refractivity contribution in [2.45, 2.75) is 25.3 Å². The average molecular weight is 336 g/mol. The summed E-state index contributed by atoms with van der Waals surface area (Å²) in [6.07, 6.45) is 3.73. The Morgan fingerprint density at radius 2 is 2.39 bits per heavy atom. The molecule has 1 aromatic rings. The number of rotatable bonds is 4. The van der Waals surface area contributed by atoms with Gasteiger partial charge in [-0.15, -0.1) is 0 Å². The molecule has 3 N–H and O–H groups in total. The summed E-state index contributed by atoms with van der Waals surface area (Å²) < 4.78 is 5.27. The highest BCUT2D eigenvalue weighted by Crippen LogP contribution is 2.53. The van der Waals surface area contributed by atoms with Crippen LogP contribution in [0.15, 0.2) is 12.1 Å². The van der Waals surface area contributed by atoms with Crippen LogP contribution in [0.3, 0.4) is 0 Å². The van der Waals surface area contributed by atoms with E-state index in [1.165, 1.54) is 32.9 Å². The molecule has 1 aliphatic carbocycles. The van der Waals surface area contributed by atoms with E-state index in [2.05, 4.69) is 10.2 Å². The molecule has 0 aromatic heterocycles. The fourth-order valence-electron chi connectivity index (χ4n) is 4.59. The second-order valence-electron chi connectivity index (χ2n) is 7.26. The number of carbonyl (C=O) groups is 1. The molecule has 6 heteroatoms. The Balaban J connectivity index is 1.47. The third kappa shape index (κ3) is 2.37. The third-order valence-electron chi connectivity index (χ3n) is 5.90. The number of anilines is 1. The topological polar surface area (TPSA) is 67.6 Å². The number of fused-ring (bicyclic) bond motifs is 1. The summed E-state index contributed by atoms with van der Waals surface area (Å²) in [7, 11) is 1.53. The van der Waals surface area contributed by atoms with Crippen molar-refractivity contribution in [1.29, 1.82) is 0 Å². The molecule has 0 spiro atoms. The van der Waals surface area contributed by atoms with E-state index in [4.69, 9.17) is 22.1 Å². The molecule has 3 fully saturated rings. The fraction of sp³-hybridized carbons (Fsp3) is 0.588. The van der Waals surface area contributed by atoms with Gasteiger partial charge in [-0.05, 0) is 31.2 Å². The zero-order valence-corrected chi connectivity index (χ0v) is 14.0. The third-order valence-corrected chi connectivity index (χ3v) is 6.22. The molecule has 2 bridgehead atoms. The minimum atomic E-state index is -0.144. The summed E-state index contributed by atoms with van der Waals surface area (Å²) in [5.41, 5.74) is 6.88. The number of halogens is 1. The number of benzene rings is 1. The lowest BCUT2D eigenvalue weighted by Crippen LogP contribution is -2.51. The van der Waals surface area contributed by atoms with Crippen LogP contribution in [0.5, 0.6) is 5.75 Å². The predicted molar refractivity (Wildman–Crippen MR) is 89.9 cm³/mol. The number of amides is 1. The van der Waals surface area contributed by atoms with Gasteiger partial charge in [-0.3, -0.25) is 9.69 Å². The molecule has 1 amide bonds. The fourth-order valence-corrected chi connectivity index (χ4v) is 4.75. The molecule has 1 unspecified atom stereocenters. The van der Waals surface area contributed by atoms with Crippen LogP contribution in [-0.4, -0.2) is 43.6 Å². The molecule has 3 atom stereocenters. The minimum absolute atomic E-state index is 0.144. The number of carbonyl (C=O) groups excluding carboxylic acids is 1. The van der Waals surface area contributed by atoms with Crippen molar-refractivity contribution >= 4 is 23.2 Å². The number of nitrogens with one attached hydrogen (secondary N) is 1. The van der Waals surface area contributed by atoms with Gasteiger partial charge < -0.3 is 15.8 Å². The van der Waals surface area contributed by atoms with E-state index in [9.17, 15) is 4.79 Å². The Morgan fingerprint density at radius 3 is 3.17 bits per heavy atom. The largest absolute Gasteiger partial charge is 0.496 e. The molecule has 4 rings (SSSR count). The Hall–Kier alpha value is -1.46. The van der Waals surface area contributed by atoms with Crippen molar-refractivity contribution in [3.63, 3.8) is 0 Å². The molecule has 0 radical (unpaired) electrons. The average Bonchev–Trinajstić information content (AvgIpc) is 2.69. The zero-order chi connectivity index (χ0) is 16.2. The van der Waals surface area contributed by atoms with Gasteiger partial charge in [-0.1, -0.05) is 11.6 Å². The maximum absolute atomic E-state index is 12.6. The number of methoxy groups -OCH3 is 1. The first-order valence-electron chi connectivity index (χ1n) is 8.17. The van der Waals surface area contributed by atoms with Crippen LogP contribution in [0.2, 0.25) is 5.02 Å². The van der Waals surface area contributed by atoms with E-state index < -0.39 is 0 Å². The van der Waals surface area contributed by atoms with Crippen LogP contribution in [-0.2, 0) is 0 Å². The Morgan fingerprint density at radius 1 is 1.57 bits per heavy atom. The van der Waals surface area contributed by atoms with Gasteiger partial charge in [0.05, 0.1) is 23.4 Å². The van der Waals surface area contributed by atoms with Gasteiger partial charge >= 0.3 is 0 Å². The van der Waals surface area contributed by atoms with Gasteiger partial charge in [0, 0.05) is 37.2 Å². The van der Waals surface area contributed by atoms with Crippen molar-refractivity contribution in [1.82, 2.24) is 10.2 Å². The maximum Gasteiger partial charge on any atom is 0.255 e. The molecule has 3 aliphatic rings. The van der Waals surface area contributed by atoms with Gasteiger partial charge in [0.1, 0.15) is 5.75 Å². The molecule has 2 heterocycles. The highest BCUT2D eigenvalue weighted by atomic mass is 35.5. The smallest absolute Gasteiger partial charge is 0.255 e. The number of hydrogen-bond donors (Lipinski definition) is 2. The lowest BCUT2D eigenvalue weighted by Gasteiger charge is -2.45. The number of ether oxygens (including phenoxy) is 1. The van der Waals surface area contributed by atoms with Crippen LogP contribution in [0.25, 0.3) is 0 Å². The number of nitrogens with two attached hydrogens (primary N) is 1. The summed E-state index contributed by atoms with van der Waals surface area (Å²) >= 11 is 6.05. The highest BCUT2D eigenvalue weighted by molar-refractivity contribution is 6.33. The van der Waals surface area contributed by atoms with Gasteiger partial charge in [-0.2, -0.15) is 0 Å². The lowest BCUT2D eigenvalue weighted by atomic mass is 9.70. The van der Waals surface area contributed by atoms with Crippen molar-refractivity contribution in [2.24, 2.45) is 11.3 Å². The van der Waals surface area contributed by atoms with E-state index in [0.717, 1.165) is 25.0 Å². The molecule has 23 heavy (non-hydrogen) atoms. The molecule has 2 aliphatic heterocycles. The van der Waals surface area contributed by atoms with Gasteiger partial charge in [-0.25, -0.2) is 0 Å². The van der Waals surface area contributed by atoms with Crippen molar-refractivity contribution in [2.75, 3.05) is 32.5 Å². The Labute approximate surface area is 141 Å². The minimum Gasteiger partial charge on any atom is -0.496 e. The quantitative estimate of drug-likeness (QED) is 0.827. The number of nitrogen functional groups attached to an aromatic ring is 1. The molecule has 5 nitrogen and oxygen atoms in total. The monoisotopic (exact) mass is 335 g/mol. The highest BCUT2D eigenvalue weighted by Gasteiger charge is 2.56. The van der Waals surface area contributed by atoms with Crippen LogP contribution >= 0.6 is 11.6 Å². The Bertz CT molecular complexity index is 661. The summed E-state index contributed by atoms with van der Waals surface area (Å²) in [5, 5.41) is 3.48. The van der Waals surface area contributed by atoms with Crippen molar-refractivity contribution in [3.8, 4) is 5.75 Å². The van der Waals surface area contributed by atoms with Crippen LogP contribution in [0.4, 0.5) is 5.69 Å². The molecule has 1 aromatic carbocycles. The summed E-state index contributed by atoms with van der Waals surface area (Å²) in [6, 6.07) is 3.95. The first-order chi connectivity index (χ1) is 11.0. The van der Waals surface area contributed by atoms with Crippen LogP contribution < -0.4 is 15.8 Å². The number of nitrogens with zero attached hydrogens (tertiary/aromatic N) is 1. The summed E-state index contributed by atoms with van der Waals surface area (Å²) in [4.78, 5) is 15.2. The SMILES string of the molecule is COc1cc(N)c(Cl)cc1C(=O)NCC12CC[C@@H]3CN(C1)[C@H]3C2. The molecular formula is C17H22ClN3O2. The lowest BCUT2D eigenvalue weighted by molar-refractivity contribution is 0.0467. The Kier molecular flexibility index (Phi) is 3.46. The first-order valence-corrected chi connectivity index (χ1v) is 8.54. The summed E-state index contributed by atoms with van der Waals surface area (Å²) in [5.74, 6) is 1.22. The van der Waals surface area contributed by atoms with E-state index >= 15 is 0 Å². The molecule has 2 saturated heterocycles. The van der Waals surface area contributed by atoms with E-state index in [1.54, 1.807) is 12.1 Å². The standard InChI is InChI=1S/C17H22ClN3O2/c1-23-15-5-13(19)12(18)4-11(15)16(22)20-8-17-3-2-10-7-21(9-17)14(10)6-17/h4-5,10,14H,2-3,6-9,19H2,1H3,(H,20,22)/t10-,14+,17?/m1/s1. The van der Waals surface area contributed by atoms with Gasteiger partial charge in [0.2, 0.25) is 0 Å². The van der Waals surface area contributed by atoms with Crippen molar-refractivity contribution in [3.05, 3.63) is 22.7 Å². The van der Waals surface area contributed by atoms with Crippen LogP contribution in [0.1, 0.15) is 29.6 Å². The maximum atomic E-state index is 12.6. The second-order valence-corrected chi connectivity index (χ2v) is 7.66. The molecular weight excluding hydrogens is 314 g/mol. The van der Waals surface area contributed by atoms with E-state index in [0.29, 0.717) is 22.0 Å². The normalized spacial score (nSPS) is 31.6. The zero-order valence-electron chi connectivity index (χ0n) is 13.3. The summed E-state index contributed by atoms with van der Waals surface area (Å²) in [6.45, 7) is 3.09.